The quantitative estimate of drug-likeness (QED) is 0.0388. The molecule has 0 saturated carbocycles. The molecule has 8 heterocycles. The molecular formula is C59H68N13O9P. The first-order valence-corrected chi connectivity index (χ1v) is 29.2. The van der Waals surface area contributed by atoms with Gasteiger partial charge in [0.25, 0.3) is 23.3 Å². The van der Waals surface area contributed by atoms with E-state index in [-0.39, 0.29) is 57.8 Å². The zero-order valence-electron chi connectivity index (χ0n) is 47.0. The Hall–Kier alpha value is -7.85. The van der Waals surface area contributed by atoms with Crippen LogP contribution in [-0.4, -0.2) is 118 Å². The Balaban J connectivity index is 0.764. The van der Waals surface area contributed by atoms with Crippen LogP contribution in [0.4, 0.5) is 40.1 Å². The predicted molar refractivity (Wildman–Crippen MR) is 313 cm³/mol. The standard InChI is InChI=1S/C59H68N13O9P/c1-9-51(74)63-45-26-37(62-52-57(78)66(8)32-46(64-52)41-15-18-61-53(44(41)33-73)71-23-22-70-48(56(71)77)25-36-29-58(4,5)30-49(36)70)10-13-47(45)69-21-20-67(31-35(69)3)38-16-19-68(34(2)24-38)39-11-12-42-43(27-39)55(76)72(54(42)75)40-14-17-60-50(28-40)59(6,7)65-82(79,80)81/h9-15,17-18,25-28,32,34-35,38,73H,1,16,19-24,29-31,33H2,2-8H3,(H,62,64)(H,63,74)(H3,65,79,80,81)/t34-,35+,38?/m1/s1. The summed E-state index contributed by atoms with van der Waals surface area (Å²) in [5, 5.41) is 19.3. The van der Waals surface area contributed by atoms with Crippen molar-refractivity contribution in [3.05, 3.63) is 142 Å². The van der Waals surface area contributed by atoms with Gasteiger partial charge in [-0.3, -0.25) is 38.8 Å². The zero-order chi connectivity index (χ0) is 58.3. The fraction of sp³-hybridized carbons (Fsp3) is 0.390. The minimum Gasteiger partial charge on any atom is -0.392 e. The Kier molecular flexibility index (Phi) is 14.5. The van der Waals surface area contributed by atoms with Gasteiger partial charge in [0, 0.05) is 111 Å². The average molecular weight is 1130 g/mol. The van der Waals surface area contributed by atoms with Gasteiger partial charge in [0.2, 0.25) is 5.91 Å². The van der Waals surface area contributed by atoms with Crippen LogP contribution in [-0.2, 0) is 47.9 Å². The molecule has 23 heteroatoms. The van der Waals surface area contributed by atoms with Crippen LogP contribution in [0.15, 0.2) is 96.7 Å². The van der Waals surface area contributed by atoms with Crippen molar-refractivity contribution in [3.8, 4) is 11.3 Å². The average Bonchev–Trinajstić information content (AvgIpc) is 4.09. The van der Waals surface area contributed by atoms with Crippen LogP contribution < -0.4 is 40.9 Å². The van der Waals surface area contributed by atoms with Gasteiger partial charge in [-0.1, -0.05) is 20.4 Å². The number of carbonyl (C=O) groups excluding carboxylic acids is 4. The van der Waals surface area contributed by atoms with Crippen molar-refractivity contribution in [2.75, 3.05) is 63.0 Å². The first kappa shape index (κ1) is 56.0. The van der Waals surface area contributed by atoms with Crippen LogP contribution in [0.25, 0.3) is 11.3 Å². The third-order valence-electron chi connectivity index (χ3n) is 16.7. The first-order valence-electron chi connectivity index (χ1n) is 27.6. The highest BCUT2D eigenvalue weighted by atomic mass is 31.2. The number of carbonyl (C=O) groups is 4. The summed E-state index contributed by atoms with van der Waals surface area (Å²) in [5.41, 5.74) is 6.43. The number of piperazine rings is 1. The third-order valence-corrected chi connectivity index (χ3v) is 17.6. The maximum atomic E-state index is 14.1. The number of hydrogen-bond donors (Lipinski definition) is 6. The number of imide groups is 1. The maximum Gasteiger partial charge on any atom is 0.401 e. The second kappa shape index (κ2) is 21.2. The molecule has 5 aliphatic rings. The van der Waals surface area contributed by atoms with Crippen molar-refractivity contribution in [2.24, 2.45) is 12.5 Å². The number of aliphatic hydroxyl groups is 1. The number of hydrogen-bond acceptors (Lipinski definition) is 14. The fourth-order valence-corrected chi connectivity index (χ4v) is 13.7. The number of aliphatic hydroxyl groups excluding tert-OH is 1. The Morgan fingerprint density at radius 3 is 2.35 bits per heavy atom. The molecule has 1 aliphatic carbocycles. The summed E-state index contributed by atoms with van der Waals surface area (Å²) in [6, 6.07) is 18.0. The number of benzene rings is 2. The van der Waals surface area contributed by atoms with Gasteiger partial charge >= 0.3 is 7.75 Å². The minimum absolute atomic E-state index is 0.00732. The van der Waals surface area contributed by atoms with Crippen molar-refractivity contribution in [1.29, 1.82) is 0 Å². The molecule has 428 valence electrons. The van der Waals surface area contributed by atoms with Crippen molar-refractivity contribution >= 4 is 71.4 Å². The van der Waals surface area contributed by atoms with Gasteiger partial charge in [-0.15, -0.1) is 0 Å². The van der Waals surface area contributed by atoms with Gasteiger partial charge in [-0.25, -0.2) is 24.5 Å². The lowest BCUT2D eigenvalue weighted by Gasteiger charge is -2.48. The number of aromatic nitrogens is 5. The number of piperidine rings is 1. The normalized spacial score (nSPS) is 20.0. The molecule has 2 aromatic carbocycles. The summed E-state index contributed by atoms with van der Waals surface area (Å²) in [7, 11) is -3.02. The highest BCUT2D eigenvalue weighted by Crippen LogP contribution is 2.42. The zero-order valence-corrected chi connectivity index (χ0v) is 47.9. The van der Waals surface area contributed by atoms with Crippen molar-refractivity contribution < 1.29 is 38.6 Å². The second-order valence-electron chi connectivity index (χ2n) is 23.5. The summed E-state index contributed by atoms with van der Waals surface area (Å²) in [6.07, 6.45) is 9.30. The van der Waals surface area contributed by atoms with Crippen LogP contribution in [0, 0.1) is 5.41 Å². The van der Waals surface area contributed by atoms with E-state index in [0.717, 1.165) is 61.6 Å². The number of nitrogens with zero attached hydrogens (tertiary/aromatic N) is 10. The largest absolute Gasteiger partial charge is 0.401 e. The Morgan fingerprint density at radius 1 is 0.854 bits per heavy atom. The number of aryl methyl sites for hydroxylation is 1. The molecule has 3 atom stereocenters. The monoisotopic (exact) mass is 1130 g/mol. The summed E-state index contributed by atoms with van der Waals surface area (Å²) >= 11 is 0. The van der Waals surface area contributed by atoms with E-state index in [1.807, 2.05) is 24.3 Å². The van der Waals surface area contributed by atoms with E-state index in [9.17, 15) is 43.4 Å². The first-order chi connectivity index (χ1) is 38.9. The van der Waals surface area contributed by atoms with E-state index in [0.29, 0.717) is 59.3 Å². The van der Waals surface area contributed by atoms with Gasteiger partial charge in [-0.2, -0.15) is 0 Å². The fourth-order valence-electron chi connectivity index (χ4n) is 12.8. The SMILES string of the molecule is C=CC(=O)Nc1cc(Nc2nc(-c3ccnc(N4CCn5c(cc6c5CC(C)(C)C6)C4=O)c3CO)cn(C)c2=O)ccc1N1CCN(C2CCN(c3ccc4c(c3)C(=O)N(c3ccnc(C(C)(C)NP(=O)(O)O)c3)C4=O)[C@H](C)C2)C[C@@H]1C. The van der Waals surface area contributed by atoms with Gasteiger partial charge in [-0.05, 0) is 131 Å². The number of nitrogens with one attached hydrogen (secondary N) is 3. The van der Waals surface area contributed by atoms with Crippen LogP contribution in [0.2, 0.25) is 0 Å². The second-order valence-corrected chi connectivity index (χ2v) is 24.8. The van der Waals surface area contributed by atoms with Gasteiger partial charge in [0.1, 0.15) is 11.5 Å². The van der Waals surface area contributed by atoms with Crippen LogP contribution in [0.1, 0.15) is 108 Å². The maximum absolute atomic E-state index is 14.1. The Labute approximate surface area is 474 Å². The molecule has 1 unspecified atom stereocenters. The molecule has 6 aromatic rings. The third kappa shape index (κ3) is 10.4. The van der Waals surface area contributed by atoms with Gasteiger partial charge < -0.3 is 44.5 Å². The van der Waals surface area contributed by atoms with Crippen molar-refractivity contribution in [1.82, 2.24) is 34.1 Å². The molecule has 0 bridgehead atoms. The number of pyridine rings is 2. The lowest BCUT2D eigenvalue weighted by molar-refractivity contribution is -0.111. The van der Waals surface area contributed by atoms with E-state index >= 15 is 0 Å². The van der Waals surface area contributed by atoms with E-state index in [4.69, 9.17) is 4.98 Å². The Bertz CT molecular complexity index is 3740. The lowest BCUT2D eigenvalue weighted by atomic mass is 9.90. The molecule has 22 nitrogen and oxygen atoms in total. The summed E-state index contributed by atoms with van der Waals surface area (Å²) in [5.74, 6) is -1.24. The topological polar surface area (TPSA) is 264 Å². The molecule has 2 fully saturated rings. The van der Waals surface area contributed by atoms with Crippen molar-refractivity contribution in [3.63, 3.8) is 0 Å². The van der Waals surface area contributed by atoms with Gasteiger partial charge in [0.05, 0.1) is 51.7 Å². The lowest BCUT2D eigenvalue weighted by Crippen LogP contribution is -2.58. The molecule has 2 saturated heterocycles. The molecule has 82 heavy (non-hydrogen) atoms. The Morgan fingerprint density at radius 2 is 1.62 bits per heavy atom. The summed E-state index contributed by atoms with van der Waals surface area (Å²) in [4.78, 5) is 111. The molecule has 4 aromatic heterocycles. The molecular weight excluding hydrogens is 1070 g/mol. The van der Waals surface area contributed by atoms with Crippen LogP contribution in [0.5, 0.6) is 0 Å². The van der Waals surface area contributed by atoms with Gasteiger partial charge in [0.15, 0.2) is 5.82 Å². The number of amides is 4. The molecule has 11 rings (SSSR count). The number of fused-ring (bicyclic) bond motifs is 4. The molecule has 4 aliphatic heterocycles. The minimum atomic E-state index is -4.64. The van der Waals surface area contributed by atoms with Crippen molar-refractivity contribution in [2.45, 2.75) is 104 Å². The molecule has 0 radical (unpaired) electrons. The van der Waals surface area contributed by atoms with E-state index in [2.05, 4.69) is 79.2 Å². The van der Waals surface area contributed by atoms with E-state index in [1.165, 1.54) is 40.2 Å². The van der Waals surface area contributed by atoms with E-state index < -0.39 is 43.2 Å². The highest BCUT2D eigenvalue weighted by Gasteiger charge is 2.41. The smallest absolute Gasteiger partial charge is 0.392 e. The van der Waals surface area contributed by atoms with Crippen LogP contribution >= 0.6 is 7.75 Å². The number of anilines is 7. The highest BCUT2D eigenvalue weighted by molar-refractivity contribution is 7.49. The predicted octanol–water partition coefficient (Wildman–Crippen LogP) is 6.47. The number of rotatable bonds is 14. The summed E-state index contributed by atoms with van der Waals surface area (Å²) < 4.78 is 15.3. The molecule has 4 amide bonds. The summed E-state index contributed by atoms with van der Waals surface area (Å²) in [6.45, 7) is 19.0. The molecule has 0 spiro atoms. The molecule has 6 N–H and O–H groups in total. The van der Waals surface area contributed by atoms with Crippen LogP contribution in [0.3, 0.4) is 0 Å². The van der Waals surface area contributed by atoms with E-state index in [1.54, 1.807) is 62.5 Å².